The van der Waals surface area contributed by atoms with Gasteiger partial charge in [-0.1, -0.05) is 31.1 Å². The monoisotopic (exact) mass is 260 g/mol. The van der Waals surface area contributed by atoms with Crippen LogP contribution >= 0.6 is 11.8 Å². The topological polar surface area (TPSA) is 17.1 Å². The van der Waals surface area contributed by atoms with E-state index in [0.29, 0.717) is 6.42 Å². The fraction of sp³-hybridized carbons (Fsp3) is 0.562. The minimum atomic E-state index is 0.222. The Morgan fingerprint density at radius 3 is 2.83 bits per heavy atom. The number of carbonyl (C=O) groups is 1. The molecule has 1 rings (SSSR count). The summed E-state index contributed by atoms with van der Waals surface area (Å²) in [5.74, 6) is 14.4. The summed E-state index contributed by atoms with van der Waals surface area (Å²) in [5.41, 5.74) is 1.00. The molecule has 1 aliphatic rings. The molecule has 96 valence electrons. The molecule has 0 heterocycles. The summed E-state index contributed by atoms with van der Waals surface area (Å²) < 4.78 is 0. The van der Waals surface area contributed by atoms with Crippen LogP contribution in [0.4, 0.5) is 0 Å². The van der Waals surface area contributed by atoms with E-state index < -0.39 is 0 Å². The number of ketones is 1. The van der Waals surface area contributed by atoms with Crippen LogP contribution in [-0.2, 0) is 4.79 Å². The number of thioether (sulfide) groups is 1. The van der Waals surface area contributed by atoms with Gasteiger partial charge in [-0.2, -0.15) is 0 Å². The minimum absolute atomic E-state index is 0.222. The zero-order valence-corrected chi connectivity index (χ0v) is 11.9. The highest BCUT2D eigenvalue weighted by Crippen LogP contribution is 2.13. The number of hydrogen-bond donors (Lipinski definition) is 0. The van der Waals surface area contributed by atoms with Crippen molar-refractivity contribution in [2.24, 2.45) is 0 Å². The van der Waals surface area contributed by atoms with Gasteiger partial charge in [-0.15, -0.1) is 17.7 Å². The highest BCUT2D eigenvalue weighted by molar-refractivity contribution is 7.99. The van der Waals surface area contributed by atoms with Crippen molar-refractivity contribution in [1.29, 1.82) is 0 Å². The molecule has 0 atom stereocenters. The first-order valence-electron chi connectivity index (χ1n) is 6.58. The Hall–Kier alpha value is -1.12. The van der Waals surface area contributed by atoms with Crippen molar-refractivity contribution in [2.75, 3.05) is 11.5 Å². The molecule has 0 aliphatic heterocycles. The summed E-state index contributed by atoms with van der Waals surface area (Å²) in [4.78, 5) is 11.2. The van der Waals surface area contributed by atoms with E-state index >= 15 is 0 Å². The fourth-order valence-corrected chi connectivity index (χ4v) is 2.08. The number of rotatable bonds is 4. The molecule has 0 radical (unpaired) electrons. The molecule has 0 bridgehead atoms. The third kappa shape index (κ3) is 7.25. The van der Waals surface area contributed by atoms with Crippen LogP contribution in [0.1, 0.15) is 45.4 Å². The first-order chi connectivity index (χ1) is 8.83. The van der Waals surface area contributed by atoms with Crippen molar-refractivity contribution in [2.45, 2.75) is 45.4 Å². The molecule has 0 spiro atoms. The molecule has 0 saturated heterocycles. The van der Waals surface area contributed by atoms with Gasteiger partial charge < -0.3 is 0 Å². The van der Waals surface area contributed by atoms with E-state index in [1.54, 1.807) is 17.8 Å². The quantitative estimate of drug-likeness (QED) is 0.567. The average Bonchev–Trinajstić information content (AvgIpc) is 2.37. The molecule has 0 aromatic heterocycles. The van der Waals surface area contributed by atoms with Crippen LogP contribution in [0.2, 0.25) is 0 Å². The van der Waals surface area contributed by atoms with Crippen LogP contribution in [-0.4, -0.2) is 17.3 Å². The maximum atomic E-state index is 11.2. The summed E-state index contributed by atoms with van der Waals surface area (Å²) in [6.45, 7) is 2.18. The van der Waals surface area contributed by atoms with E-state index in [-0.39, 0.29) is 5.78 Å². The standard InChI is InChI=1S/C16H20OS/c1-2-3-4-5-6-12-18-13-8-10-15-9-7-11-16(17)14-15/h14H,2-4,7,9,11-13H2,1H3. The second-order valence-corrected chi connectivity index (χ2v) is 5.23. The number of carbonyl (C=O) groups excluding carboxylic acids is 1. The lowest BCUT2D eigenvalue weighted by Gasteiger charge is -2.04. The zero-order chi connectivity index (χ0) is 13.1. The second kappa shape index (κ2) is 9.86. The van der Waals surface area contributed by atoms with E-state index in [1.807, 2.05) is 0 Å². The first-order valence-corrected chi connectivity index (χ1v) is 7.74. The third-order valence-electron chi connectivity index (χ3n) is 2.58. The minimum Gasteiger partial charge on any atom is -0.295 e. The van der Waals surface area contributed by atoms with Crippen molar-refractivity contribution < 1.29 is 4.79 Å². The summed E-state index contributed by atoms with van der Waals surface area (Å²) in [6.07, 6.45) is 7.72. The van der Waals surface area contributed by atoms with Gasteiger partial charge >= 0.3 is 0 Å². The molecule has 0 aromatic carbocycles. The molecule has 1 nitrogen and oxygen atoms in total. The highest BCUT2D eigenvalue weighted by atomic mass is 32.2. The van der Waals surface area contributed by atoms with Crippen LogP contribution in [0.15, 0.2) is 11.6 Å². The molecular weight excluding hydrogens is 240 g/mol. The van der Waals surface area contributed by atoms with Gasteiger partial charge in [0.1, 0.15) is 0 Å². The fourth-order valence-electron chi connectivity index (χ4n) is 1.60. The van der Waals surface area contributed by atoms with Gasteiger partial charge in [0.25, 0.3) is 0 Å². The van der Waals surface area contributed by atoms with Gasteiger partial charge in [0, 0.05) is 18.4 Å². The normalized spacial score (nSPS) is 14.1. The zero-order valence-electron chi connectivity index (χ0n) is 11.1. The summed E-state index contributed by atoms with van der Waals surface area (Å²) in [6, 6.07) is 0. The SMILES string of the molecule is CCCCC#CCSCC#CC1=CC(=O)CCC1. The average molecular weight is 260 g/mol. The lowest BCUT2D eigenvalue weighted by atomic mass is 9.99. The van der Waals surface area contributed by atoms with Gasteiger partial charge in [0.15, 0.2) is 5.78 Å². The summed E-state index contributed by atoms with van der Waals surface area (Å²) in [5, 5.41) is 0. The lowest BCUT2D eigenvalue weighted by molar-refractivity contribution is -0.115. The Balaban J connectivity index is 2.14. The Labute approximate surface area is 115 Å². The predicted octanol–water partition coefficient (Wildman–Crippen LogP) is 3.60. The molecule has 2 heteroatoms. The van der Waals surface area contributed by atoms with E-state index in [2.05, 4.69) is 30.6 Å². The maximum Gasteiger partial charge on any atom is 0.156 e. The Bertz CT molecular complexity index is 412. The van der Waals surface area contributed by atoms with Crippen molar-refractivity contribution in [3.8, 4) is 23.7 Å². The molecule has 0 amide bonds. The Morgan fingerprint density at radius 1 is 1.22 bits per heavy atom. The van der Waals surface area contributed by atoms with Gasteiger partial charge in [-0.3, -0.25) is 4.79 Å². The molecule has 0 unspecified atom stereocenters. The molecule has 0 aromatic rings. The van der Waals surface area contributed by atoms with E-state index in [4.69, 9.17) is 0 Å². The van der Waals surface area contributed by atoms with Crippen LogP contribution < -0.4 is 0 Å². The van der Waals surface area contributed by atoms with Crippen molar-refractivity contribution in [3.63, 3.8) is 0 Å². The van der Waals surface area contributed by atoms with Gasteiger partial charge in [-0.05, 0) is 25.3 Å². The van der Waals surface area contributed by atoms with Crippen LogP contribution in [0.25, 0.3) is 0 Å². The van der Waals surface area contributed by atoms with E-state index in [1.165, 1.54) is 12.8 Å². The Kier molecular flexibility index (Phi) is 8.19. The van der Waals surface area contributed by atoms with Gasteiger partial charge in [0.05, 0.1) is 11.5 Å². The summed E-state index contributed by atoms with van der Waals surface area (Å²) in [7, 11) is 0. The van der Waals surface area contributed by atoms with Gasteiger partial charge in [-0.25, -0.2) is 0 Å². The first kappa shape index (κ1) is 14.9. The molecule has 0 fully saturated rings. The second-order valence-electron chi connectivity index (χ2n) is 4.24. The van der Waals surface area contributed by atoms with Crippen molar-refractivity contribution in [3.05, 3.63) is 11.6 Å². The smallest absolute Gasteiger partial charge is 0.156 e. The van der Waals surface area contributed by atoms with Gasteiger partial charge in [0.2, 0.25) is 0 Å². The Morgan fingerprint density at radius 2 is 2.06 bits per heavy atom. The maximum absolute atomic E-state index is 11.2. The molecule has 1 aliphatic carbocycles. The molecule has 0 saturated carbocycles. The van der Waals surface area contributed by atoms with Crippen LogP contribution in [0.3, 0.4) is 0 Å². The number of allylic oxidation sites excluding steroid dienone is 2. The van der Waals surface area contributed by atoms with Crippen molar-refractivity contribution in [1.82, 2.24) is 0 Å². The van der Waals surface area contributed by atoms with E-state index in [9.17, 15) is 4.79 Å². The molecular formula is C16H20OS. The lowest BCUT2D eigenvalue weighted by Crippen LogP contribution is -2.01. The molecule has 18 heavy (non-hydrogen) atoms. The van der Waals surface area contributed by atoms with Crippen molar-refractivity contribution >= 4 is 17.5 Å². The summed E-state index contributed by atoms with van der Waals surface area (Å²) >= 11 is 1.74. The van der Waals surface area contributed by atoms with Crippen LogP contribution in [0.5, 0.6) is 0 Å². The van der Waals surface area contributed by atoms with Crippen LogP contribution in [0, 0.1) is 23.7 Å². The predicted molar refractivity (Wildman–Crippen MR) is 79.3 cm³/mol. The third-order valence-corrected chi connectivity index (χ3v) is 3.28. The van der Waals surface area contributed by atoms with E-state index in [0.717, 1.165) is 36.3 Å². The number of unbranched alkanes of at least 4 members (excludes halogenated alkanes) is 2. The highest BCUT2D eigenvalue weighted by Gasteiger charge is 2.06. The molecule has 0 N–H and O–H groups in total. The largest absolute Gasteiger partial charge is 0.295 e. The number of hydrogen-bond acceptors (Lipinski definition) is 2.